The van der Waals surface area contributed by atoms with E-state index in [0.717, 1.165) is 30.4 Å². The maximum absolute atomic E-state index is 11.2. The van der Waals surface area contributed by atoms with Gasteiger partial charge in [-0.2, -0.15) is 0 Å². The minimum absolute atomic E-state index is 0.269. The average molecular weight is 273 g/mol. The topological polar surface area (TPSA) is 75.1 Å². The molecule has 5 heteroatoms. The van der Waals surface area contributed by atoms with Gasteiger partial charge < -0.3 is 10.4 Å². The first kappa shape index (κ1) is 12.1. The molecule has 0 unspecified atom stereocenters. The Balaban J connectivity index is 1.56. The van der Waals surface area contributed by atoms with Gasteiger partial charge in [0.05, 0.1) is 11.3 Å². The predicted molar refractivity (Wildman–Crippen MR) is 73.8 cm³/mol. The van der Waals surface area contributed by atoms with Gasteiger partial charge in [0.2, 0.25) is 5.95 Å². The predicted octanol–water partition coefficient (Wildman–Crippen LogP) is 2.65. The summed E-state index contributed by atoms with van der Waals surface area (Å²) in [5.74, 6) is 1.66. The molecule has 3 saturated carbocycles. The van der Waals surface area contributed by atoms with Gasteiger partial charge in [-0.25, -0.2) is 14.8 Å². The molecule has 20 heavy (non-hydrogen) atoms. The lowest BCUT2D eigenvalue weighted by Crippen LogP contribution is -2.27. The van der Waals surface area contributed by atoms with Gasteiger partial charge in [0, 0.05) is 18.2 Å². The molecule has 0 saturated heterocycles. The first-order valence-corrected chi connectivity index (χ1v) is 7.57. The number of carboxylic acids is 1. The van der Waals surface area contributed by atoms with Crippen LogP contribution in [0.2, 0.25) is 0 Å². The summed E-state index contributed by atoms with van der Waals surface area (Å²) in [7, 11) is 0. The van der Waals surface area contributed by atoms with E-state index in [1.807, 2.05) is 0 Å². The molecular weight excluding hydrogens is 254 g/mol. The Hall–Kier alpha value is -1.65. The minimum Gasteiger partial charge on any atom is -0.478 e. The SMILES string of the molecule is O=C(O)c1cnc(N[C@@H]2C[C@H]3CC[C@@H]2C3)nc1C1CC1. The third-order valence-corrected chi connectivity index (χ3v) is 5.07. The van der Waals surface area contributed by atoms with Crippen molar-refractivity contribution >= 4 is 11.9 Å². The van der Waals surface area contributed by atoms with Gasteiger partial charge in [0.1, 0.15) is 0 Å². The Morgan fingerprint density at radius 2 is 2.10 bits per heavy atom. The van der Waals surface area contributed by atoms with Crippen LogP contribution in [0.1, 0.15) is 60.5 Å². The van der Waals surface area contributed by atoms with Gasteiger partial charge in [-0.1, -0.05) is 6.42 Å². The van der Waals surface area contributed by atoms with Crippen molar-refractivity contribution in [3.63, 3.8) is 0 Å². The number of fused-ring (bicyclic) bond motifs is 2. The molecule has 0 aromatic carbocycles. The number of aromatic nitrogens is 2. The number of hydrogen-bond donors (Lipinski definition) is 2. The highest BCUT2D eigenvalue weighted by atomic mass is 16.4. The minimum atomic E-state index is -0.918. The number of rotatable bonds is 4. The highest BCUT2D eigenvalue weighted by molar-refractivity contribution is 5.89. The summed E-state index contributed by atoms with van der Waals surface area (Å²) in [6.45, 7) is 0. The molecule has 3 fully saturated rings. The van der Waals surface area contributed by atoms with E-state index in [0.29, 0.717) is 17.9 Å². The van der Waals surface area contributed by atoms with Crippen LogP contribution in [0.25, 0.3) is 0 Å². The van der Waals surface area contributed by atoms with Crippen LogP contribution in [0.3, 0.4) is 0 Å². The van der Waals surface area contributed by atoms with Crippen molar-refractivity contribution in [2.75, 3.05) is 5.32 Å². The Labute approximate surface area is 117 Å². The van der Waals surface area contributed by atoms with Crippen LogP contribution < -0.4 is 5.32 Å². The molecule has 3 aliphatic rings. The molecule has 1 heterocycles. The Morgan fingerprint density at radius 3 is 2.70 bits per heavy atom. The number of nitrogens with zero attached hydrogens (tertiary/aromatic N) is 2. The van der Waals surface area contributed by atoms with E-state index in [9.17, 15) is 9.90 Å². The number of hydrogen-bond acceptors (Lipinski definition) is 4. The van der Waals surface area contributed by atoms with Gasteiger partial charge in [-0.15, -0.1) is 0 Å². The van der Waals surface area contributed by atoms with E-state index in [1.165, 1.54) is 31.9 Å². The molecule has 5 nitrogen and oxygen atoms in total. The van der Waals surface area contributed by atoms with Crippen molar-refractivity contribution in [1.82, 2.24) is 9.97 Å². The molecular formula is C15H19N3O2. The van der Waals surface area contributed by atoms with Gasteiger partial charge in [-0.3, -0.25) is 0 Å². The molecule has 0 amide bonds. The van der Waals surface area contributed by atoms with Crippen LogP contribution in [0, 0.1) is 11.8 Å². The summed E-state index contributed by atoms with van der Waals surface area (Å²) in [5, 5.41) is 12.6. The van der Waals surface area contributed by atoms with Crippen LogP contribution >= 0.6 is 0 Å². The van der Waals surface area contributed by atoms with Gasteiger partial charge in [0.15, 0.2) is 0 Å². The van der Waals surface area contributed by atoms with Crippen molar-refractivity contribution in [3.05, 3.63) is 17.5 Å². The quantitative estimate of drug-likeness (QED) is 0.882. The van der Waals surface area contributed by atoms with Crippen LogP contribution in [0.4, 0.5) is 5.95 Å². The summed E-state index contributed by atoms with van der Waals surface area (Å²) in [6.07, 6.45) is 8.79. The highest BCUT2D eigenvalue weighted by Gasteiger charge is 2.40. The lowest BCUT2D eigenvalue weighted by molar-refractivity contribution is 0.0694. The molecule has 0 spiro atoms. The zero-order valence-corrected chi connectivity index (χ0v) is 11.4. The molecule has 4 rings (SSSR count). The fraction of sp³-hybridized carbons (Fsp3) is 0.667. The number of carbonyl (C=O) groups is 1. The molecule has 1 aromatic rings. The third-order valence-electron chi connectivity index (χ3n) is 5.07. The molecule has 1 aromatic heterocycles. The van der Waals surface area contributed by atoms with Crippen molar-refractivity contribution in [3.8, 4) is 0 Å². The molecule has 2 bridgehead atoms. The largest absolute Gasteiger partial charge is 0.478 e. The standard InChI is InChI=1S/C15H19N3O2/c19-14(20)11-7-16-15(18-13(11)9-3-4-9)17-12-6-8-1-2-10(12)5-8/h7-10,12H,1-6H2,(H,19,20)(H,16,17,18)/t8-,10+,12+/m0/s1. The second kappa shape index (κ2) is 4.43. The fourth-order valence-corrected chi connectivity index (χ4v) is 3.88. The van der Waals surface area contributed by atoms with Crippen molar-refractivity contribution < 1.29 is 9.90 Å². The summed E-state index contributed by atoms with van der Waals surface area (Å²) < 4.78 is 0. The molecule has 106 valence electrons. The first-order valence-electron chi connectivity index (χ1n) is 7.57. The second-order valence-electron chi connectivity index (χ2n) is 6.50. The summed E-state index contributed by atoms with van der Waals surface area (Å²) in [4.78, 5) is 19.9. The number of anilines is 1. The summed E-state index contributed by atoms with van der Waals surface area (Å²) >= 11 is 0. The molecule has 0 radical (unpaired) electrons. The zero-order valence-electron chi connectivity index (χ0n) is 11.4. The fourth-order valence-electron chi connectivity index (χ4n) is 3.88. The van der Waals surface area contributed by atoms with Crippen LogP contribution in [-0.2, 0) is 0 Å². The van der Waals surface area contributed by atoms with Crippen LogP contribution in [0.15, 0.2) is 6.20 Å². The third kappa shape index (κ3) is 2.05. The maximum atomic E-state index is 11.2. The molecule has 2 N–H and O–H groups in total. The van der Waals surface area contributed by atoms with Gasteiger partial charge >= 0.3 is 5.97 Å². The van der Waals surface area contributed by atoms with E-state index in [4.69, 9.17) is 0 Å². The molecule has 3 aliphatic carbocycles. The first-order chi connectivity index (χ1) is 9.70. The Morgan fingerprint density at radius 1 is 1.25 bits per heavy atom. The van der Waals surface area contributed by atoms with E-state index in [1.54, 1.807) is 0 Å². The lowest BCUT2D eigenvalue weighted by Gasteiger charge is -2.23. The number of nitrogens with one attached hydrogen (secondary N) is 1. The number of carboxylic acid groups (broad SMARTS) is 1. The normalized spacial score (nSPS) is 31.5. The lowest BCUT2D eigenvalue weighted by atomic mass is 9.95. The van der Waals surface area contributed by atoms with Crippen molar-refractivity contribution in [2.45, 2.75) is 50.5 Å². The van der Waals surface area contributed by atoms with Crippen LogP contribution in [0.5, 0.6) is 0 Å². The second-order valence-corrected chi connectivity index (χ2v) is 6.50. The van der Waals surface area contributed by atoms with Crippen LogP contribution in [-0.4, -0.2) is 27.1 Å². The average Bonchev–Trinajstić information content (AvgIpc) is 3.08. The smallest absolute Gasteiger partial charge is 0.339 e. The van der Waals surface area contributed by atoms with Crippen molar-refractivity contribution in [1.29, 1.82) is 0 Å². The maximum Gasteiger partial charge on any atom is 0.339 e. The van der Waals surface area contributed by atoms with Gasteiger partial charge in [0.25, 0.3) is 0 Å². The molecule has 3 atom stereocenters. The Bertz CT molecular complexity index is 556. The van der Waals surface area contributed by atoms with E-state index in [-0.39, 0.29) is 5.56 Å². The Kier molecular flexibility index (Phi) is 2.69. The number of aromatic carboxylic acids is 1. The molecule has 0 aliphatic heterocycles. The van der Waals surface area contributed by atoms with E-state index >= 15 is 0 Å². The zero-order chi connectivity index (χ0) is 13.7. The van der Waals surface area contributed by atoms with Crippen molar-refractivity contribution in [2.24, 2.45) is 11.8 Å². The summed E-state index contributed by atoms with van der Waals surface area (Å²) in [6, 6.07) is 0.483. The highest BCUT2D eigenvalue weighted by Crippen LogP contribution is 2.45. The van der Waals surface area contributed by atoms with Gasteiger partial charge in [-0.05, 0) is 43.9 Å². The summed E-state index contributed by atoms with van der Waals surface area (Å²) in [5.41, 5.74) is 0.990. The van der Waals surface area contributed by atoms with E-state index < -0.39 is 5.97 Å². The monoisotopic (exact) mass is 273 g/mol. The van der Waals surface area contributed by atoms with E-state index in [2.05, 4.69) is 15.3 Å².